The molecule has 2 atom stereocenters. The Morgan fingerprint density at radius 1 is 1.50 bits per heavy atom. The van der Waals surface area contributed by atoms with E-state index in [4.69, 9.17) is 0 Å². The molecule has 1 aliphatic rings. The maximum Gasteiger partial charge on any atom is 0.258 e. The molecule has 1 aromatic carbocycles. The lowest BCUT2D eigenvalue weighted by molar-refractivity contribution is 0.0940. The van der Waals surface area contributed by atoms with Crippen molar-refractivity contribution >= 4 is 5.91 Å². The predicted octanol–water partition coefficient (Wildman–Crippen LogP) is 2.70. The van der Waals surface area contributed by atoms with Crippen LogP contribution in [0.3, 0.4) is 0 Å². The fourth-order valence-corrected chi connectivity index (χ4v) is 2.57. The van der Waals surface area contributed by atoms with E-state index in [1.54, 1.807) is 0 Å². The molecule has 1 saturated carbocycles. The van der Waals surface area contributed by atoms with Gasteiger partial charge in [0.15, 0.2) is 0 Å². The van der Waals surface area contributed by atoms with Gasteiger partial charge in [0.25, 0.3) is 5.91 Å². The van der Waals surface area contributed by atoms with E-state index in [0.29, 0.717) is 18.4 Å². The molecule has 2 N–H and O–H groups in total. The fourth-order valence-electron chi connectivity index (χ4n) is 2.57. The van der Waals surface area contributed by atoms with E-state index in [9.17, 15) is 14.3 Å². The van der Waals surface area contributed by atoms with E-state index in [2.05, 4.69) is 12.2 Å². The summed E-state index contributed by atoms with van der Waals surface area (Å²) < 4.78 is 13.4. The van der Waals surface area contributed by atoms with Crippen molar-refractivity contribution < 1.29 is 14.3 Å². The van der Waals surface area contributed by atoms with Crippen LogP contribution in [0.4, 0.5) is 4.39 Å². The Bertz CT molecular complexity index is 427. The zero-order valence-electron chi connectivity index (χ0n) is 10.4. The van der Waals surface area contributed by atoms with Crippen LogP contribution in [0.1, 0.15) is 36.5 Å². The van der Waals surface area contributed by atoms with Crippen molar-refractivity contribution in [1.82, 2.24) is 5.32 Å². The van der Waals surface area contributed by atoms with Gasteiger partial charge in [-0.05, 0) is 36.8 Å². The summed E-state index contributed by atoms with van der Waals surface area (Å²) in [5, 5.41) is 12.2. The molecule has 98 valence electrons. The summed E-state index contributed by atoms with van der Waals surface area (Å²) in [6, 6.07) is 3.86. The average Bonchev–Trinajstić information content (AvgIpc) is 2.72. The highest BCUT2D eigenvalue weighted by atomic mass is 19.1. The second-order valence-electron chi connectivity index (χ2n) is 5.13. The first-order valence-electron chi connectivity index (χ1n) is 6.33. The highest BCUT2D eigenvalue weighted by molar-refractivity contribution is 5.97. The van der Waals surface area contributed by atoms with Gasteiger partial charge in [-0.25, -0.2) is 4.39 Å². The van der Waals surface area contributed by atoms with Gasteiger partial charge < -0.3 is 10.4 Å². The smallest absolute Gasteiger partial charge is 0.258 e. The Kier molecular flexibility index (Phi) is 3.84. The number of phenols is 1. The van der Waals surface area contributed by atoms with Gasteiger partial charge in [-0.2, -0.15) is 0 Å². The lowest BCUT2D eigenvalue weighted by atomic mass is 10.1. The highest BCUT2D eigenvalue weighted by Crippen LogP contribution is 2.29. The van der Waals surface area contributed by atoms with Gasteiger partial charge in [-0.15, -0.1) is 0 Å². The number of phenolic OH excluding ortho intramolecular Hbond substituents is 1. The van der Waals surface area contributed by atoms with Crippen LogP contribution < -0.4 is 5.32 Å². The third-order valence-corrected chi connectivity index (χ3v) is 3.57. The van der Waals surface area contributed by atoms with Crippen molar-refractivity contribution in [2.45, 2.75) is 26.2 Å². The summed E-state index contributed by atoms with van der Waals surface area (Å²) >= 11 is 0. The maximum absolute atomic E-state index is 13.4. The van der Waals surface area contributed by atoms with Gasteiger partial charge in [0, 0.05) is 6.54 Å². The van der Waals surface area contributed by atoms with Crippen LogP contribution in [-0.2, 0) is 0 Å². The van der Waals surface area contributed by atoms with Crippen LogP contribution in [0, 0.1) is 17.7 Å². The third kappa shape index (κ3) is 2.81. The lowest BCUT2D eigenvalue weighted by Crippen LogP contribution is -2.29. The van der Waals surface area contributed by atoms with E-state index in [0.717, 1.165) is 12.8 Å². The standard InChI is InChI=1S/C14H18FNO2/c1-9-5-6-10(7-9)8-16-14(18)13-11(15)3-2-4-12(13)17/h2-4,9-10,17H,5-8H2,1H3,(H,16,18). The van der Waals surface area contributed by atoms with Crippen molar-refractivity contribution in [3.05, 3.63) is 29.6 Å². The van der Waals surface area contributed by atoms with E-state index in [1.807, 2.05) is 0 Å². The minimum Gasteiger partial charge on any atom is -0.507 e. The van der Waals surface area contributed by atoms with E-state index < -0.39 is 11.7 Å². The van der Waals surface area contributed by atoms with Gasteiger partial charge in [0.05, 0.1) is 0 Å². The largest absolute Gasteiger partial charge is 0.507 e. The summed E-state index contributed by atoms with van der Waals surface area (Å²) in [4.78, 5) is 11.8. The number of carbonyl (C=O) groups excluding carboxylic acids is 1. The van der Waals surface area contributed by atoms with Crippen molar-refractivity contribution in [2.75, 3.05) is 6.54 Å². The molecule has 0 aromatic heterocycles. The molecule has 0 spiro atoms. The number of amides is 1. The minimum absolute atomic E-state index is 0.261. The second-order valence-corrected chi connectivity index (χ2v) is 5.13. The topological polar surface area (TPSA) is 49.3 Å². The fraction of sp³-hybridized carbons (Fsp3) is 0.500. The first kappa shape index (κ1) is 12.9. The molecule has 0 radical (unpaired) electrons. The van der Waals surface area contributed by atoms with Crippen LogP contribution in [0.2, 0.25) is 0 Å². The number of hydrogen-bond acceptors (Lipinski definition) is 2. The number of benzene rings is 1. The Morgan fingerprint density at radius 2 is 2.28 bits per heavy atom. The van der Waals surface area contributed by atoms with Gasteiger partial charge in [0.1, 0.15) is 17.1 Å². The highest BCUT2D eigenvalue weighted by Gasteiger charge is 2.23. The molecule has 3 nitrogen and oxygen atoms in total. The molecular formula is C14H18FNO2. The van der Waals surface area contributed by atoms with Gasteiger partial charge >= 0.3 is 0 Å². The van der Waals surface area contributed by atoms with E-state index in [1.165, 1.54) is 24.6 Å². The van der Waals surface area contributed by atoms with Gasteiger partial charge in [0.2, 0.25) is 0 Å². The molecule has 4 heteroatoms. The second kappa shape index (κ2) is 5.38. The number of rotatable bonds is 3. The first-order valence-corrected chi connectivity index (χ1v) is 6.33. The number of aromatic hydroxyl groups is 1. The summed E-state index contributed by atoms with van der Waals surface area (Å²) in [5.74, 6) is -0.364. The van der Waals surface area contributed by atoms with Crippen molar-refractivity contribution in [2.24, 2.45) is 11.8 Å². The molecule has 1 aliphatic carbocycles. The zero-order chi connectivity index (χ0) is 13.1. The van der Waals surface area contributed by atoms with Gasteiger partial charge in [-0.3, -0.25) is 4.79 Å². The predicted molar refractivity (Wildman–Crippen MR) is 66.9 cm³/mol. The molecule has 0 bridgehead atoms. The summed E-state index contributed by atoms with van der Waals surface area (Å²) in [5.41, 5.74) is -0.261. The molecule has 2 rings (SSSR count). The average molecular weight is 251 g/mol. The number of carbonyl (C=O) groups is 1. The molecule has 1 aromatic rings. The number of halogens is 1. The Balaban J connectivity index is 1.96. The monoisotopic (exact) mass is 251 g/mol. The summed E-state index contributed by atoms with van der Waals surface area (Å²) in [6.07, 6.45) is 3.39. The maximum atomic E-state index is 13.4. The molecule has 0 heterocycles. The zero-order valence-corrected chi connectivity index (χ0v) is 10.4. The summed E-state index contributed by atoms with van der Waals surface area (Å²) in [6.45, 7) is 2.75. The number of nitrogens with one attached hydrogen (secondary N) is 1. The SMILES string of the molecule is CC1CCC(CNC(=O)c2c(O)cccc2F)C1. The van der Waals surface area contributed by atoms with Crippen LogP contribution in [0.5, 0.6) is 5.75 Å². The molecule has 18 heavy (non-hydrogen) atoms. The van der Waals surface area contributed by atoms with Gasteiger partial charge in [-0.1, -0.05) is 19.4 Å². The Labute approximate surface area is 106 Å². The minimum atomic E-state index is -0.688. The van der Waals surface area contributed by atoms with Crippen LogP contribution in [-0.4, -0.2) is 17.6 Å². The van der Waals surface area contributed by atoms with Crippen LogP contribution in [0.25, 0.3) is 0 Å². The van der Waals surface area contributed by atoms with E-state index in [-0.39, 0.29) is 11.3 Å². The molecule has 2 unspecified atom stereocenters. The van der Waals surface area contributed by atoms with E-state index >= 15 is 0 Å². The third-order valence-electron chi connectivity index (χ3n) is 3.57. The Morgan fingerprint density at radius 3 is 2.89 bits per heavy atom. The molecule has 1 amide bonds. The first-order chi connectivity index (χ1) is 8.58. The Hall–Kier alpha value is -1.58. The van der Waals surface area contributed by atoms with Crippen LogP contribution >= 0.6 is 0 Å². The molecule has 0 aliphatic heterocycles. The lowest BCUT2D eigenvalue weighted by Gasteiger charge is -2.12. The summed E-state index contributed by atoms with van der Waals surface area (Å²) in [7, 11) is 0. The quantitative estimate of drug-likeness (QED) is 0.867. The van der Waals surface area contributed by atoms with Crippen molar-refractivity contribution in [1.29, 1.82) is 0 Å². The molecule has 1 fully saturated rings. The van der Waals surface area contributed by atoms with Crippen molar-refractivity contribution in [3.8, 4) is 5.75 Å². The molecule has 0 saturated heterocycles. The molecular weight excluding hydrogens is 233 g/mol. The van der Waals surface area contributed by atoms with Crippen LogP contribution in [0.15, 0.2) is 18.2 Å². The van der Waals surface area contributed by atoms with Crippen molar-refractivity contribution in [3.63, 3.8) is 0 Å². The number of hydrogen-bond donors (Lipinski definition) is 2. The normalized spacial score (nSPS) is 23.0.